The zero-order valence-electron chi connectivity index (χ0n) is 17.9. The Morgan fingerprint density at radius 3 is 1.78 bits per heavy atom. The predicted octanol–water partition coefficient (Wildman–Crippen LogP) is 5.48. The van der Waals surface area contributed by atoms with Crippen molar-refractivity contribution in [2.75, 3.05) is 0 Å². The minimum absolute atomic E-state index is 0.894. The quantitative estimate of drug-likeness (QED) is 0.268. The first-order valence-corrected chi connectivity index (χ1v) is 13.5. The van der Waals surface area contributed by atoms with Crippen LogP contribution in [0.3, 0.4) is 0 Å². The van der Waals surface area contributed by atoms with Crippen LogP contribution in [0.15, 0.2) is 126 Å². The third kappa shape index (κ3) is 2.79. The monoisotopic (exact) mass is 429 g/mol. The number of hydrogen-bond acceptors (Lipinski definition) is 1. The summed E-state index contributed by atoms with van der Waals surface area (Å²) in [6.07, 6.45) is 1.77. The molecule has 0 unspecified atom stereocenters. The lowest BCUT2D eigenvalue weighted by atomic mass is 10.2. The standard InChI is InChI=1S/C29H23NOSi/c1-32(23-10-4-2-5-11-23,24-12-6-3-7-13-24)25-18-16-22(17-19-25)30-28-15-9-8-14-26(28)27-20-21-31-29(27)30/h2-21H,1H3. The summed E-state index contributed by atoms with van der Waals surface area (Å²) < 4.78 is 8.12. The van der Waals surface area contributed by atoms with Gasteiger partial charge in [0.25, 0.3) is 0 Å². The summed E-state index contributed by atoms with van der Waals surface area (Å²) in [7, 11) is -2.11. The highest BCUT2D eigenvalue weighted by Crippen LogP contribution is 2.32. The van der Waals surface area contributed by atoms with Crippen molar-refractivity contribution in [3.05, 3.63) is 122 Å². The highest BCUT2D eigenvalue weighted by molar-refractivity contribution is 7.10. The second kappa shape index (κ2) is 7.40. The molecule has 6 rings (SSSR count). The molecule has 154 valence electrons. The third-order valence-electron chi connectivity index (χ3n) is 6.69. The zero-order chi connectivity index (χ0) is 21.5. The fraction of sp³-hybridized carbons (Fsp3) is 0.0345. The van der Waals surface area contributed by atoms with E-state index in [0.29, 0.717) is 0 Å². The van der Waals surface area contributed by atoms with Crippen molar-refractivity contribution in [2.24, 2.45) is 0 Å². The van der Waals surface area contributed by atoms with Crippen molar-refractivity contribution in [1.82, 2.24) is 4.57 Å². The number of benzene rings is 4. The summed E-state index contributed by atoms with van der Waals surface area (Å²) in [6, 6.07) is 41.5. The van der Waals surface area contributed by atoms with E-state index in [1.54, 1.807) is 6.26 Å². The molecule has 0 N–H and O–H groups in total. The maximum absolute atomic E-state index is 5.90. The maximum atomic E-state index is 5.90. The van der Waals surface area contributed by atoms with Gasteiger partial charge in [0, 0.05) is 16.5 Å². The Morgan fingerprint density at radius 2 is 1.12 bits per heavy atom. The lowest BCUT2D eigenvalue weighted by Crippen LogP contribution is -2.64. The average molecular weight is 430 g/mol. The molecule has 0 aliphatic heterocycles. The fourth-order valence-electron chi connectivity index (χ4n) is 4.93. The Morgan fingerprint density at radius 1 is 0.562 bits per heavy atom. The van der Waals surface area contributed by atoms with Crippen LogP contribution in [0.4, 0.5) is 0 Å². The molecule has 0 aliphatic rings. The molecule has 0 amide bonds. The molecular weight excluding hydrogens is 406 g/mol. The number of rotatable bonds is 4. The van der Waals surface area contributed by atoms with Crippen LogP contribution >= 0.6 is 0 Å². The van der Waals surface area contributed by atoms with E-state index in [1.807, 2.05) is 0 Å². The number of nitrogens with zero attached hydrogens (tertiary/aromatic N) is 1. The molecule has 2 heterocycles. The lowest BCUT2D eigenvalue weighted by molar-refractivity contribution is 0.596. The minimum atomic E-state index is -2.11. The molecule has 2 aromatic heterocycles. The smallest absolute Gasteiger partial charge is 0.212 e. The van der Waals surface area contributed by atoms with Crippen molar-refractivity contribution < 1.29 is 4.42 Å². The van der Waals surface area contributed by atoms with Gasteiger partial charge in [0.05, 0.1) is 11.8 Å². The predicted molar refractivity (Wildman–Crippen MR) is 136 cm³/mol. The molecule has 2 nitrogen and oxygen atoms in total. The van der Waals surface area contributed by atoms with Crippen LogP contribution < -0.4 is 15.6 Å². The van der Waals surface area contributed by atoms with E-state index in [0.717, 1.165) is 16.8 Å². The van der Waals surface area contributed by atoms with Crippen molar-refractivity contribution in [3.63, 3.8) is 0 Å². The van der Waals surface area contributed by atoms with Crippen molar-refractivity contribution in [2.45, 2.75) is 6.55 Å². The summed E-state index contributed by atoms with van der Waals surface area (Å²) in [5.41, 5.74) is 3.18. The number of aromatic nitrogens is 1. The van der Waals surface area contributed by atoms with Gasteiger partial charge in [0.2, 0.25) is 5.71 Å². The molecule has 6 aromatic rings. The fourth-order valence-corrected chi connectivity index (χ4v) is 8.48. The molecule has 32 heavy (non-hydrogen) atoms. The number of hydrogen-bond donors (Lipinski definition) is 0. The SMILES string of the molecule is C[Si](c1ccccc1)(c1ccccc1)c1ccc(-n2c3ccccc3c3ccoc32)cc1. The van der Waals surface area contributed by atoms with Gasteiger partial charge in [-0.1, -0.05) is 97.5 Å². The van der Waals surface area contributed by atoms with Gasteiger partial charge in [0.1, 0.15) is 8.07 Å². The van der Waals surface area contributed by atoms with Crippen molar-refractivity contribution >= 4 is 45.6 Å². The molecule has 3 heteroatoms. The van der Waals surface area contributed by atoms with Gasteiger partial charge in [-0.05, 0) is 39.8 Å². The Hall–Kier alpha value is -3.82. The van der Waals surface area contributed by atoms with E-state index < -0.39 is 8.07 Å². The number of para-hydroxylation sites is 1. The molecule has 0 spiro atoms. The first-order valence-electron chi connectivity index (χ1n) is 11.0. The van der Waals surface area contributed by atoms with Crippen LogP contribution in [0.5, 0.6) is 0 Å². The largest absolute Gasteiger partial charge is 0.447 e. The van der Waals surface area contributed by atoms with Gasteiger partial charge in [-0.3, -0.25) is 4.57 Å². The summed E-state index contributed by atoms with van der Waals surface area (Å²) in [5, 5.41) is 6.59. The van der Waals surface area contributed by atoms with Crippen molar-refractivity contribution in [1.29, 1.82) is 0 Å². The van der Waals surface area contributed by atoms with E-state index >= 15 is 0 Å². The molecule has 0 fully saturated rings. The van der Waals surface area contributed by atoms with Gasteiger partial charge in [-0.2, -0.15) is 0 Å². The minimum Gasteiger partial charge on any atom is -0.447 e. The Labute approximate surface area is 188 Å². The maximum Gasteiger partial charge on any atom is 0.212 e. The second-order valence-electron chi connectivity index (χ2n) is 8.40. The van der Waals surface area contributed by atoms with Crippen LogP contribution in [0.2, 0.25) is 6.55 Å². The van der Waals surface area contributed by atoms with Crippen LogP contribution in [0, 0.1) is 0 Å². The molecule has 4 aromatic carbocycles. The average Bonchev–Trinajstić information content (AvgIpc) is 3.46. The molecule has 0 saturated heterocycles. The van der Waals surface area contributed by atoms with Gasteiger partial charge < -0.3 is 4.42 Å². The van der Waals surface area contributed by atoms with E-state index in [9.17, 15) is 0 Å². The Bertz CT molecular complexity index is 1470. The first kappa shape index (κ1) is 18.9. The van der Waals surface area contributed by atoms with Crippen LogP contribution in [-0.2, 0) is 0 Å². The summed E-state index contributed by atoms with van der Waals surface area (Å²) in [4.78, 5) is 0. The second-order valence-corrected chi connectivity index (χ2v) is 12.4. The third-order valence-corrected chi connectivity index (χ3v) is 11.2. The van der Waals surface area contributed by atoms with E-state index in [-0.39, 0.29) is 0 Å². The van der Waals surface area contributed by atoms with Gasteiger partial charge >= 0.3 is 0 Å². The molecule has 0 aliphatic carbocycles. The van der Waals surface area contributed by atoms with Gasteiger partial charge in [-0.15, -0.1) is 0 Å². The first-order chi connectivity index (χ1) is 15.8. The topological polar surface area (TPSA) is 18.1 Å². The number of fused-ring (bicyclic) bond motifs is 3. The molecule has 0 saturated carbocycles. The van der Waals surface area contributed by atoms with Crippen LogP contribution in [0.1, 0.15) is 0 Å². The highest BCUT2D eigenvalue weighted by atomic mass is 28.3. The Balaban J connectivity index is 1.53. The Kier molecular flexibility index (Phi) is 4.37. The molecule has 0 atom stereocenters. The van der Waals surface area contributed by atoms with Crippen LogP contribution in [-0.4, -0.2) is 12.6 Å². The molecule has 0 radical (unpaired) electrons. The zero-order valence-corrected chi connectivity index (χ0v) is 18.9. The van der Waals surface area contributed by atoms with Gasteiger partial charge in [-0.25, -0.2) is 0 Å². The van der Waals surface area contributed by atoms with Crippen LogP contribution in [0.25, 0.3) is 27.7 Å². The number of furan rings is 1. The van der Waals surface area contributed by atoms with E-state index in [4.69, 9.17) is 4.42 Å². The van der Waals surface area contributed by atoms with Gasteiger partial charge in [0.15, 0.2) is 0 Å². The highest BCUT2D eigenvalue weighted by Gasteiger charge is 2.33. The molecular formula is C29H23NOSi. The van der Waals surface area contributed by atoms with E-state index in [1.165, 1.54) is 26.5 Å². The molecule has 0 bridgehead atoms. The summed E-state index contributed by atoms with van der Waals surface area (Å²) in [6.45, 7) is 2.45. The lowest BCUT2D eigenvalue weighted by Gasteiger charge is -2.29. The van der Waals surface area contributed by atoms with E-state index in [2.05, 4.69) is 126 Å². The summed E-state index contributed by atoms with van der Waals surface area (Å²) in [5.74, 6) is 0. The normalized spacial score (nSPS) is 11.9. The van der Waals surface area contributed by atoms with Crippen molar-refractivity contribution in [3.8, 4) is 5.69 Å². The summed E-state index contributed by atoms with van der Waals surface area (Å²) >= 11 is 0.